The molecule has 5 nitrogen and oxygen atoms in total. The highest BCUT2D eigenvalue weighted by Gasteiger charge is 2.19. The van der Waals surface area contributed by atoms with Crippen LogP contribution < -0.4 is 5.32 Å². The Morgan fingerprint density at radius 2 is 1.95 bits per heavy atom. The molecule has 1 aromatic rings. The third-order valence-corrected chi connectivity index (χ3v) is 3.31. The zero-order chi connectivity index (χ0) is 16.0. The van der Waals surface area contributed by atoms with Gasteiger partial charge in [0, 0.05) is 36.0 Å². The quantitative estimate of drug-likeness (QED) is 0.588. The molecule has 1 aromatic carbocycles. The fourth-order valence-corrected chi connectivity index (χ4v) is 2.16. The molecule has 0 aliphatic heterocycles. The Balaban J connectivity index is 2.89. The summed E-state index contributed by atoms with van der Waals surface area (Å²) in [6, 6.07) is 3.47. The number of nitro benzene ring substituents is 1. The number of likely N-dealkylation sites (N-methyl/N-ethyl adjacent to an activating group) is 1. The Bertz CT molecular complexity index is 479. The van der Waals surface area contributed by atoms with Crippen LogP contribution in [0.5, 0.6) is 0 Å². The molecule has 21 heavy (non-hydrogen) atoms. The van der Waals surface area contributed by atoms with Gasteiger partial charge in [-0.25, -0.2) is 8.78 Å². The van der Waals surface area contributed by atoms with E-state index < -0.39 is 11.3 Å². The van der Waals surface area contributed by atoms with Crippen LogP contribution in [0.4, 0.5) is 20.2 Å². The maximum absolute atomic E-state index is 13.0. The Hall–Kier alpha value is -1.76. The van der Waals surface area contributed by atoms with Crippen molar-refractivity contribution in [1.29, 1.82) is 0 Å². The number of benzene rings is 1. The number of nitro groups is 1. The largest absolute Gasteiger partial charge is 0.381 e. The second-order valence-corrected chi connectivity index (χ2v) is 4.86. The Morgan fingerprint density at radius 3 is 2.43 bits per heavy atom. The van der Waals surface area contributed by atoms with Crippen molar-refractivity contribution in [3.63, 3.8) is 0 Å². The van der Waals surface area contributed by atoms with Crippen molar-refractivity contribution in [1.82, 2.24) is 4.90 Å². The predicted molar refractivity (Wildman–Crippen MR) is 78.9 cm³/mol. The minimum Gasteiger partial charge on any atom is -0.381 e. The van der Waals surface area contributed by atoms with Crippen LogP contribution in [0.15, 0.2) is 18.2 Å². The summed E-state index contributed by atoms with van der Waals surface area (Å²) in [5.41, 5.74) is -0.418. The maximum Gasteiger partial charge on any atom is 0.270 e. The molecule has 1 rings (SSSR count). The summed E-state index contributed by atoms with van der Waals surface area (Å²) in [7, 11) is 0. The molecular weight excluding hydrogens is 280 g/mol. The summed E-state index contributed by atoms with van der Waals surface area (Å²) in [6.45, 7) is 8.44. The van der Waals surface area contributed by atoms with Crippen molar-refractivity contribution in [3.8, 4) is 0 Å². The summed E-state index contributed by atoms with van der Waals surface area (Å²) in [4.78, 5) is 12.2. The van der Waals surface area contributed by atoms with Gasteiger partial charge in [-0.3, -0.25) is 10.1 Å². The van der Waals surface area contributed by atoms with E-state index in [4.69, 9.17) is 0 Å². The van der Waals surface area contributed by atoms with Gasteiger partial charge in [0.1, 0.15) is 0 Å². The van der Waals surface area contributed by atoms with Crippen molar-refractivity contribution in [2.45, 2.75) is 33.2 Å². The lowest BCUT2D eigenvalue weighted by atomic mass is 10.1. The van der Waals surface area contributed by atoms with Crippen molar-refractivity contribution in [2.24, 2.45) is 0 Å². The van der Waals surface area contributed by atoms with Crippen LogP contribution >= 0.6 is 0 Å². The Kier molecular flexibility index (Phi) is 6.48. The van der Waals surface area contributed by atoms with Crippen LogP contribution in [0, 0.1) is 10.1 Å². The Morgan fingerprint density at radius 1 is 1.33 bits per heavy atom. The first-order valence-corrected chi connectivity index (χ1v) is 6.94. The zero-order valence-electron chi connectivity index (χ0n) is 12.5. The van der Waals surface area contributed by atoms with Gasteiger partial charge in [0.2, 0.25) is 0 Å². The van der Waals surface area contributed by atoms with Gasteiger partial charge in [0.15, 0.2) is 0 Å². The van der Waals surface area contributed by atoms with Gasteiger partial charge in [-0.2, -0.15) is 0 Å². The third-order valence-electron chi connectivity index (χ3n) is 3.31. The highest BCUT2D eigenvalue weighted by Crippen LogP contribution is 2.31. The molecule has 0 aliphatic carbocycles. The highest BCUT2D eigenvalue weighted by atomic mass is 19.3. The number of rotatable bonds is 8. The molecule has 0 bridgehead atoms. The number of nitrogens with zero attached hydrogens (tertiary/aromatic N) is 2. The molecule has 0 heterocycles. The predicted octanol–water partition coefficient (Wildman–Crippen LogP) is 3.67. The molecule has 0 fully saturated rings. The van der Waals surface area contributed by atoms with E-state index in [1.54, 1.807) is 0 Å². The smallest absolute Gasteiger partial charge is 0.270 e. The number of nitrogens with one attached hydrogen (secondary N) is 1. The van der Waals surface area contributed by atoms with E-state index in [0.717, 1.165) is 19.2 Å². The lowest BCUT2D eigenvalue weighted by Crippen LogP contribution is -2.34. The van der Waals surface area contributed by atoms with Crippen LogP contribution in [0.3, 0.4) is 0 Å². The summed E-state index contributed by atoms with van der Waals surface area (Å²) in [5.74, 6) is 0. The Labute approximate surface area is 123 Å². The van der Waals surface area contributed by atoms with Crippen molar-refractivity contribution >= 4 is 11.4 Å². The minimum absolute atomic E-state index is 0.0381. The molecule has 7 heteroatoms. The van der Waals surface area contributed by atoms with E-state index in [-0.39, 0.29) is 23.0 Å². The fourth-order valence-electron chi connectivity index (χ4n) is 2.16. The van der Waals surface area contributed by atoms with Gasteiger partial charge in [-0.15, -0.1) is 0 Å². The van der Waals surface area contributed by atoms with Gasteiger partial charge < -0.3 is 10.2 Å². The molecule has 0 saturated carbocycles. The minimum atomic E-state index is -2.76. The number of alkyl halides is 2. The first kappa shape index (κ1) is 17.3. The van der Waals surface area contributed by atoms with Crippen LogP contribution in [0.1, 0.15) is 32.8 Å². The molecular formula is C14H21F2N3O2. The number of halogens is 2. The van der Waals surface area contributed by atoms with E-state index in [0.29, 0.717) is 6.54 Å². The monoisotopic (exact) mass is 301 g/mol. The highest BCUT2D eigenvalue weighted by molar-refractivity contribution is 5.57. The van der Waals surface area contributed by atoms with Gasteiger partial charge in [0.05, 0.1) is 4.92 Å². The van der Waals surface area contributed by atoms with Gasteiger partial charge >= 0.3 is 0 Å². The van der Waals surface area contributed by atoms with E-state index in [1.165, 1.54) is 12.1 Å². The van der Waals surface area contributed by atoms with E-state index >= 15 is 0 Å². The fraction of sp³-hybridized carbons (Fsp3) is 0.571. The molecule has 0 aliphatic rings. The molecule has 1 unspecified atom stereocenters. The van der Waals surface area contributed by atoms with Crippen molar-refractivity contribution in [2.75, 3.05) is 25.0 Å². The van der Waals surface area contributed by atoms with Crippen LogP contribution in [0.2, 0.25) is 0 Å². The SMILES string of the molecule is CCN(CC)CC(C)Nc1ccc([N+](=O)[O-])cc1C(F)F. The molecule has 0 amide bonds. The van der Waals surface area contributed by atoms with Gasteiger partial charge in [-0.05, 0) is 26.1 Å². The molecule has 0 radical (unpaired) electrons. The first-order chi connectivity index (χ1) is 9.88. The molecule has 1 N–H and O–H groups in total. The zero-order valence-corrected chi connectivity index (χ0v) is 12.5. The second kappa shape index (κ2) is 7.87. The number of non-ortho nitro benzene ring substituents is 1. The van der Waals surface area contributed by atoms with Crippen LogP contribution in [-0.2, 0) is 0 Å². The van der Waals surface area contributed by atoms with E-state index in [1.807, 2.05) is 20.8 Å². The summed E-state index contributed by atoms with van der Waals surface area (Å²) < 4.78 is 26.1. The van der Waals surface area contributed by atoms with Crippen molar-refractivity contribution < 1.29 is 13.7 Å². The molecule has 1 atom stereocenters. The van der Waals surface area contributed by atoms with E-state index in [2.05, 4.69) is 10.2 Å². The number of hydrogen-bond acceptors (Lipinski definition) is 4. The number of anilines is 1. The first-order valence-electron chi connectivity index (χ1n) is 6.94. The van der Waals surface area contributed by atoms with Crippen LogP contribution in [0.25, 0.3) is 0 Å². The molecule has 0 aromatic heterocycles. The second-order valence-electron chi connectivity index (χ2n) is 4.86. The molecule has 0 spiro atoms. The average molecular weight is 301 g/mol. The lowest BCUT2D eigenvalue weighted by molar-refractivity contribution is -0.385. The van der Waals surface area contributed by atoms with Crippen LogP contribution in [-0.4, -0.2) is 35.5 Å². The number of hydrogen-bond donors (Lipinski definition) is 1. The maximum atomic E-state index is 13.0. The normalized spacial score (nSPS) is 12.7. The van der Waals surface area contributed by atoms with Gasteiger partial charge in [-0.1, -0.05) is 13.8 Å². The topological polar surface area (TPSA) is 58.4 Å². The molecule has 0 saturated heterocycles. The van der Waals surface area contributed by atoms with E-state index in [9.17, 15) is 18.9 Å². The lowest BCUT2D eigenvalue weighted by Gasteiger charge is -2.25. The van der Waals surface area contributed by atoms with Gasteiger partial charge in [0.25, 0.3) is 12.1 Å². The van der Waals surface area contributed by atoms with Crippen molar-refractivity contribution in [3.05, 3.63) is 33.9 Å². The third kappa shape index (κ3) is 4.93. The standard InChI is InChI=1S/C14H21F2N3O2/c1-4-18(5-2)9-10(3)17-13-7-6-11(19(20)21)8-12(13)14(15)16/h6-8,10,14,17H,4-5,9H2,1-3H3. The summed E-state index contributed by atoms with van der Waals surface area (Å²) >= 11 is 0. The molecule has 118 valence electrons. The average Bonchev–Trinajstić information content (AvgIpc) is 2.44. The summed E-state index contributed by atoms with van der Waals surface area (Å²) in [5, 5.41) is 13.7. The summed E-state index contributed by atoms with van der Waals surface area (Å²) in [6.07, 6.45) is -2.76.